The smallest absolute Gasteiger partial charge is 0.200 e. The summed E-state index contributed by atoms with van der Waals surface area (Å²) in [6.07, 6.45) is 1.49. The fourth-order valence-electron chi connectivity index (χ4n) is 4.18. The molecule has 1 aromatic heterocycles. The van der Waals surface area contributed by atoms with Gasteiger partial charge in [-0.25, -0.2) is 4.39 Å². The van der Waals surface area contributed by atoms with E-state index in [0.29, 0.717) is 59.2 Å². The maximum absolute atomic E-state index is 13.6. The van der Waals surface area contributed by atoms with Crippen molar-refractivity contribution >= 4 is 11.0 Å². The van der Waals surface area contributed by atoms with Crippen LogP contribution in [0.4, 0.5) is 4.39 Å². The molecular formula is C28H25FO5. The van der Waals surface area contributed by atoms with Gasteiger partial charge in [-0.15, -0.1) is 0 Å². The lowest BCUT2D eigenvalue weighted by atomic mass is 10.0. The van der Waals surface area contributed by atoms with E-state index < -0.39 is 0 Å². The Balaban J connectivity index is 1.54. The van der Waals surface area contributed by atoms with Crippen LogP contribution in [-0.4, -0.2) is 13.2 Å². The van der Waals surface area contributed by atoms with Crippen molar-refractivity contribution in [2.75, 3.05) is 13.2 Å². The van der Waals surface area contributed by atoms with E-state index in [1.54, 1.807) is 25.1 Å². The highest BCUT2D eigenvalue weighted by molar-refractivity contribution is 5.85. The predicted octanol–water partition coefficient (Wildman–Crippen LogP) is 6.21. The van der Waals surface area contributed by atoms with Crippen LogP contribution in [-0.2, 0) is 13.0 Å². The second kappa shape index (κ2) is 9.21. The first kappa shape index (κ1) is 22.0. The molecule has 0 saturated heterocycles. The van der Waals surface area contributed by atoms with Gasteiger partial charge in [0.1, 0.15) is 29.5 Å². The molecule has 2 heterocycles. The Morgan fingerprint density at radius 1 is 0.971 bits per heavy atom. The third kappa shape index (κ3) is 4.23. The lowest BCUT2D eigenvalue weighted by Gasteiger charge is -2.14. The highest BCUT2D eigenvalue weighted by Gasteiger charge is 2.19. The van der Waals surface area contributed by atoms with Gasteiger partial charge in [-0.3, -0.25) is 4.79 Å². The number of rotatable bonds is 5. The van der Waals surface area contributed by atoms with Crippen LogP contribution in [0.1, 0.15) is 30.2 Å². The van der Waals surface area contributed by atoms with E-state index in [2.05, 4.69) is 0 Å². The molecule has 5 nitrogen and oxygen atoms in total. The Labute approximate surface area is 196 Å². The van der Waals surface area contributed by atoms with E-state index in [4.69, 9.17) is 18.6 Å². The minimum Gasteiger partial charge on any atom is -0.490 e. The van der Waals surface area contributed by atoms with Gasteiger partial charge in [0.2, 0.25) is 5.43 Å². The number of aryl methyl sites for hydroxylation is 2. The third-order valence-electron chi connectivity index (χ3n) is 5.97. The lowest BCUT2D eigenvalue weighted by Crippen LogP contribution is -2.09. The first-order chi connectivity index (χ1) is 16.5. The molecule has 1 aliphatic rings. The summed E-state index contributed by atoms with van der Waals surface area (Å²) < 4.78 is 36.8. The van der Waals surface area contributed by atoms with Crippen LogP contribution in [0.3, 0.4) is 0 Å². The Kier molecular flexibility index (Phi) is 5.97. The van der Waals surface area contributed by atoms with Gasteiger partial charge >= 0.3 is 0 Å². The SMILES string of the molecule is CCc1cc2c(=O)c(-c3ccc4c(c3)OCCCO4)c(C)oc2cc1OCc1ccc(F)cc1. The van der Waals surface area contributed by atoms with Crippen LogP contribution in [0.5, 0.6) is 17.2 Å². The number of halogens is 1. The van der Waals surface area contributed by atoms with Crippen LogP contribution >= 0.6 is 0 Å². The van der Waals surface area contributed by atoms with Gasteiger partial charge in [0.05, 0.1) is 24.2 Å². The molecule has 0 N–H and O–H groups in total. The van der Waals surface area contributed by atoms with Crippen molar-refractivity contribution in [3.63, 3.8) is 0 Å². The highest BCUT2D eigenvalue weighted by atomic mass is 19.1. The van der Waals surface area contributed by atoms with E-state index >= 15 is 0 Å². The number of benzene rings is 3. The average molecular weight is 461 g/mol. The van der Waals surface area contributed by atoms with Crippen molar-refractivity contribution in [2.24, 2.45) is 0 Å². The number of ether oxygens (including phenoxy) is 3. The van der Waals surface area contributed by atoms with Gasteiger partial charge in [-0.1, -0.05) is 25.1 Å². The molecular weight excluding hydrogens is 435 g/mol. The number of hydrogen-bond acceptors (Lipinski definition) is 5. The monoisotopic (exact) mass is 460 g/mol. The maximum Gasteiger partial charge on any atom is 0.200 e. The summed E-state index contributed by atoms with van der Waals surface area (Å²) in [7, 11) is 0. The standard InChI is InChI=1S/C28H25FO5/c1-3-19-13-22-25(15-24(19)33-16-18-5-8-21(29)9-6-18)34-17(2)27(28(22)30)20-7-10-23-26(14-20)32-12-4-11-31-23/h5-10,13-15H,3-4,11-12,16H2,1-2H3. The van der Waals surface area contributed by atoms with Gasteiger partial charge in [0.25, 0.3) is 0 Å². The topological polar surface area (TPSA) is 57.9 Å². The van der Waals surface area contributed by atoms with Crippen LogP contribution in [0.2, 0.25) is 0 Å². The van der Waals surface area contributed by atoms with Crippen LogP contribution in [0.25, 0.3) is 22.1 Å². The molecule has 0 saturated carbocycles. The van der Waals surface area contributed by atoms with Crippen molar-refractivity contribution in [3.8, 4) is 28.4 Å². The second-order valence-electron chi connectivity index (χ2n) is 8.30. The summed E-state index contributed by atoms with van der Waals surface area (Å²) in [6.45, 7) is 5.26. The molecule has 0 radical (unpaired) electrons. The zero-order valence-corrected chi connectivity index (χ0v) is 19.2. The van der Waals surface area contributed by atoms with E-state index in [1.165, 1.54) is 12.1 Å². The summed E-state index contributed by atoms with van der Waals surface area (Å²) in [5.41, 5.74) is 3.35. The predicted molar refractivity (Wildman–Crippen MR) is 128 cm³/mol. The van der Waals surface area contributed by atoms with E-state index in [9.17, 15) is 9.18 Å². The molecule has 4 aromatic rings. The van der Waals surface area contributed by atoms with E-state index in [1.807, 2.05) is 31.2 Å². The zero-order valence-electron chi connectivity index (χ0n) is 19.2. The Bertz CT molecular complexity index is 1410. The summed E-state index contributed by atoms with van der Waals surface area (Å²) in [4.78, 5) is 13.6. The summed E-state index contributed by atoms with van der Waals surface area (Å²) in [6, 6.07) is 15.3. The largest absolute Gasteiger partial charge is 0.490 e. The molecule has 0 unspecified atom stereocenters. The fraction of sp³-hybridized carbons (Fsp3) is 0.250. The van der Waals surface area contributed by atoms with Crippen LogP contribution in [0, 0.1) is 12.7 Å². The van der Waals surface area contributed by atoms with Crippen molar-refractivity contribution < 1.29 is 23.0 Å². The molecule has 0 aliphatic carbocycles. The minimum atomic E-state index is -0.287. The third-order valence-corrected chi connectivity index (χ3v) is 5.97. The van der Waals surface area contributed by atoms with Gasteiger partial charge in [-0.2, -0.15) is 0 Å². The van der Waals surface area contributed by atoms with Crippen LogP contribution < -0.4 is 19.6 Å². The Hall–Kier alpha value is -3.80. The molecule has 0 fully saturated rings. The molecule has 5 rings (SSSR count). The van der Waals surface area contributed by atoms with Crippen molar-refractivity contribution in [1.82, 2.24) is 0 Å². The highest BCUT2D eigenvalue weighted by Crippen LogP contribution is 2.36. The number of fused-ring (bicyclic) bond motifs is 2. The molecule has 0 amide bonds. The van der Waals surface area contributed by atoms with Gasteiger partial charge < -0.3 is 18.6 Å². The molecule has 0 spiro atoms. The van der Waals surface area contributed by atoms with Gasteiger partial charge in [0.15, 0.2) is 11.5 Å². The average Bonchev–Trinajstić information content (AvgIpc) is 3.08. The molecule has 174 valence electrons. The summed E-state index contributed by atoms with van der Waals surface area (Å²) in [5, 5.41) is 0.499. The minimum absolute atomic E-state index is 0.104. The molecule has 1 aliphatic heterocycles. The first-order valence-electron chi connectivity index (χ1n) is 11.4. The van der Waals surface area contributed by atoms with E-state index in [-0.39, 0.29) is 17.9 Å². The normalized spacial score (nSPS) is 13.0. The van der Waals surface area contributed by atoms with Gasteiger partial charge in [-0.05, 0) is 60.4 Å². The van der Waals surface area contributed by atoms with Crippen molar-refractivity contribution in [2.45, 2.75) is 33.3 Å². The number of hydrogen-bond donors (Lipinski definition) is 0. The van der Waals surface area contributed by atoms with Crippen LogP contribution in [0.15, 0.2) is 63.8 Å². The summed E-state index contributed by atoms with van der Waals surface area (Å²) in [5.74, 6) is 2.18. The quantitative estimate of drug-likeness (QED) is 0.354. The molecule has 3 aromatic carbocycles. The second-order valence-corrected chi connectivity index (χ2v) is 8.30. The van der Waals surface area contributed by atoms with E-state index in [0.717, 1.165) is 23.1 Å². The van der Waals surface area contributed by atoms with Crippen molar-refractivity contribution in [1.29, 1.82) is 0 Å². The molecule has 0 atom stereocenters. The Morgan fingerprint density at radius 3 is 2.50 bits per heavy atom. The zero-order chi connectivity index (χ0) is 23.7. The summed E-state index contributed by atoms with van der Waals surface area (Å²) >= 11 is 0. The Morgan fingerprint density at radius 2 is 1.74 bits per heavy atom. The fourth-order valence-corrected chi connectivity index (χ4v) is 4.18. The maximum atomic E-state index is 13.6. The van der Waals surface area contributed by atoms with Gasteiger partial charge in [0, 0.05) is 12.5 Å². The molecule has 6 heteroatoms. The lowest BCUT2D eigenvalue weighted by molar-refractivity contribution is 0.297. The molecule has 0 bridgehead atoms. The molecule has 34 heavy (non-hydrogen) atoms. The first-order valence-corrected chi connectivity index (χ1v) is 11.4. The van der Waals surface area contributed by atoms with Crippen molar-refractivity contribution in [3.05, 3.63) is 87.5 Å².